The van der Waals surface area contributed by atoms with Crippen LogP contribution in [0.2, 0.25) is 0 Å². The van der Waals surface area contributed by atoms with E-state index in [9.17, 15) is 13.2 Å². The molecule has 166 valence electrons. The molecule has 0 amide bonds. The highest BCUT2D eigenvalue weighted by Crippen LogP contribution is 2.33. The highest BCUT2D eigenvalue weighted by atomic mass is 19.2. The molecule has 0 spiro atoms. The van der Waals surface area contributed by atoms with Crippen LogP contribution in [0.15, 0.2) is 66.7 Å². The molecule has 0 aliphatic carbocycles. The molecule has 3 nitrogen and oxygen atoms in total. The number of ether oxygens (including phenoxy) is 3. The van der Waals surface area contributed by atoms with Gasteiger partial charge in [0.1, 0.15) is 5.82 Å². The van der Waals surface area contributed by atoms with Gasteiger partial charge in [0.25, 0.3) is 0 Å². The summed E-state index contributed by atoms with van der Waals surface area (Å²) in [7, 11) is 1.28. The lowest BCUT2D eigenvalue weighted by Gasteiger charge is -2.28. The minimum atomic E-state index is -1.04. The van der Waals surface area contributed by atoms with E-state index >= 15 is 0 Å². The minimum Gasteiger partial charge on any atom is -0.494 e. The fourth-order valence-corrected chi connectivity index (χ4v) is 3.74. The molecule has 1 heterocycles. The van der Waals surface area contributed by atoms with Gasteiger partial charge in [-0.2, -0.15) is 4.39 Å². The Balaban J connectivity index is 1.53. The Kier molecular flexibility index (Phi) is 6.63. The van der Waals surface area contributed by atoms with Crippen molar-refractivity contribution < 1.29 is 27.4 Å². The summed E-state index contributed by atoms with van der Waals surface area (Å²) in [6, 6.07) is 14.5. The first-order valence-electron chi connectivity index (χ1n) is 10.3. The topological polar surface area (TPSA) is 27.7 Å². The molecule has 1 saturated heterocycles. The SMILES string of the molecule is CC=CC1OCC(c2ccc(-c3ccc(-c4ccc(OC)c(F)c4F)cc3)c(F)c2)CO1. The Morgan fingerprint density at radius 3 is 2.06 bits per heavy atom. The Hall–Kier alpha value is -3.09. The van der Waals surface area contributed by atoms with E-state index in [1.54, 1.807) is 30.3 Å². The molecule has 0 saturated carbocycles. The number of rotatable bonds is 5. The third-order valence-electron chi connectivity index (χ3n) is 5.51. The van der Waals surface area contributed by atoms with Crippen LogP contribution in [0, 0.1) is 17.5 Å². The Bertz CT molecular complexity index is 1120. The van der Waals surface area contributed by atoms with Crippen LogP contribution in [0.3, 0.4) is 0 Å². The molecule has 32 heavy (non-hydrogen) atoms. The fraction of sp³-hybridized carbons (Fsp3) is 0.231. The number of methoxy groups -OCH3 is 1. The van der Waals surface area contributed by atoms with Crippen LogP contribution in [0.4, 0.5) is 13.2 Å². The third-order valence-corrected chi connectivity index (χ3v) is 5.51. The van der Waals surface area contributed by atoms with Crippen molar-refractivity contribution in [1.29, 1.82) is 0 Å². The summed E-state index contributed by atoms with van der Waals surface area (Å²) in [5, 5.41) is 0. The van der Waals surface area contributed by atoms with E-state index in [-0.39, 0.29) is 29.3 Å². The van der Waals surface area contributed by atoms with Crippen molar-refractivity contribution in [3.8, 4) is 28.0 Å². The maximum Gasteiger partial charge on any atom is 0.201 e. The number of hydrogen-bond acceptors (Lipinski definition) is 3. The summed E-state index contributed by atoms with van der Waals surface area (Å²) >= 11 is 0. The van der Waals surface area contributed by atoms with Crippen molar-refractivity contribution in [3.63, 3.8) is 0 Å². The minimum absolute atomic E-state index is 0.0459. The third kappa shape index (κ3) is 4.42. The molecule has 0 atom stereocenters. The Morgan fingerprint density at radius 2 is 1.47 bits per heavy atom. The number of allylic oxidation sites excluding steroid dienone is 1. The fourth-order valence-electron chi connectivity index (χ4n) is 3.74. The second-order valence-electron chi connectivity index (χ2n) is 7.52. The number of halogens is 3. The van der Waals surface area contributed by atoms with E-state index < -0.39 is 11.6 Å². The van der Waals surface area contributed by atoms with Crippen molar-refractivity contribution in [2.24, 2.45) is 0 Å². The maximum absolute atomic E-state index is 14.9. The smallest absolute Gasteiger partial charge is 0.201 e. The van der Waals surface area contributed by atoms with E-state index in [2.05, 4.69) is 0 Å². The van der Waals surface area contributed by atoms with Crippen molar-refractivity contribution in [3.05, 3.63) is 89.8 Å². The molecule has 3 aromatic rings. The van der Waals surface area contributed by atoms with Crippen LogP contribution in [0.1, 0.15) is 18.4 Å². The Labute approximate surface area is 185 Å². The zero-order chi connectivity index (χ0) is 22.7. The Morgan fingerprint density at radius 1 is 0.844 bits per heavy atom. The van der Waals surface area contributed by atoms with Crippen LogP contribution in [0.25, 0.3) is 22.3 Å². The quantitative estimate of drug-likeness (QED) is 0.425. The first-order valence-corrected chi connectivity index (χ1v) is 10.3. The lowest BCUT2D eigenvalue weighted by atomic mass is 9.95. The van der Waals surface area contributed by atoms with Crippen molar-refractivity contribution in [2.45, 2.75) is 19.1 Å². The van der Waals surface area contributed by atoms with Gasteiger partial charge in [0, 0.05) is 17.0 Å². The largest absolute Gasteiger partial charge is 0.494 e. The average molecular weight is 440 g/mol. The van der Waals surface area contributed by atoms with Crippen LogP contribution in [0.5, 0.6) is 5.75 Å². The van der Waals surface area contributed by atoms with Crippen LogP contribution < -0.4 is 4.74 Å². The monoisotopic (exact) mass is 440 g/mol. The van der Waals surface area contributed by atoms with Gasteiger partial charge in [-0.25, -0.2) is 8.78 Å². The van der Waals surface area contributed by atoms with Gasteiger partial charge in [-0.3, -0.25) is 0 Å². The maximum atomic E-state index is 14.9. The van der Waals surface area contributed by atoms with E-state index in [4.69, 9.17) is 14.2 Å². The number of hydrogen-bond donors (Lipinski definition) is 0. The molecule has 0 radical (unpaired) electrons. The molecule has 0 aromatic heterocycles. The molecular formula is C26H23F3O3. The second-order valence-corrected chi connectivity index (χ2v) is 7.52. The first-order chi connectivity index (χ1) is 15.5. The summed E-state index contributed by atoms with van der Waals surface area (Å²) in [4.78, 5) is 0. The molecule has 4 rings (SSSR count). The molecule has 6 heteroatoms. The second kappa shape index (κ2) is 9.59. The highest BCUT2D eigenvalue weighted by molar-refractivity contribution is 5.71. The van der Waals surface area contributed by atoms with E-state index in [1.807, 2.05) is 25.1 Å². The van der Waals surface area contributed by atoms with Crippen LogP contribution in [-0.2, 0) is 9.47 Å². The van der Waals surface area contributed by atoms with Crippen LogP contribution in [-0.4, -0.2) is 26.6 Å². The van der Waals surface area contributed by atoms with Gasteiger partial charge in [0.05, 0.1) is 20.3 Å². The molecule has 0 unspecified atom stereocenters. The summed E-state index contributed by atoms with van der Waals surface area (Å²) in [6.45, 7) is 2.80. The van der Waals surface area contributed by atoms with Gasteiger partial charge in [0.15, 0.2) is 17.9 Å². The van der Waals surface area contributed by atoms with Crippen molar-refractivity contribution >= 4 is 0 Å². The highest BCUT2D eigenvalue weighted by Gasteiger charge is 2.23. The zero-order valence-electron chi connectivity index (χ0n) is 17.8. The molecule has 0 bridgehead atoms. The van der Waals surface area contributed by atoms with Gasteiger partial charge in [0.2, 0.25) is 5.82 Å². The van der Waals surface area contributed by atoms with E-state index in [1.165, 1.54) is 25.3 Å². The molecule has 1 aliphatic heterocycles. The van der Waals surface area contributed by atoms with E-state index in [0.29, 0.717) is 29.9 Å². The van der Waals surface area contributed by atoms with Gasteiger partial charge in [-0.1, -0.05) is 42.5 Å². The van der Waals surface area contributed by atoms with Gasteiger partial charge in [-0.05, 0) is 47.9 Å². The van der Waals surface area contributed by atoms with Crippen molar-refractivity contribution in [2.75, 3.05) is 20.3 Å². The first kappa shape index (κ1) is 22.1. The summed E-state index contributed by atoms with van der Waals surface area (Å²) in [6.07, 6.45) is 3.34. The van der Waals surface area contributed by atoms with Gasteiger partial charge >= 0.3 is 0 Å². The molecule has 1 fully saturated rings. The molecular weight excluding hydrogens is 417 g/mol. The predicted molar refractivity (Wildman–Crippen MR) is 117 cm³/mol. The molecule has 0 N–H and O–H groups in total. The number of benzene rings is 3. The summed E-state index contributed by atoms with van der Waals surface area (Å²) in [5.41, 5.74) is 2.45. The normalized spacial score (nSPS) is 18.8. The standard InChI is InChI=1S/C26H23F3O3/c1-3-4-24-31-14-19(15-32-24)18-9-10-20(22(27)13-18)16-5-7-17(8-6-16)21-11-12-23(30-2)26(29)25(21)28/h3-13,19,24H,14-15H2,1-2H3. The van der Waals surface area contributed by atoms with E-state index in [0.717, 1.165) is 5.56 Å². The predicted octanol–water partition coefficient (Wildman–Crippen LogP) is 6.48. The van der Waals surface area contributed by atoms with Gasteiger partial charge < -0.3 is 14.2 Å². The lowest BCUT2D eigenvalue weighted by Crippen LogP contribution is -2.29. The summed E-state index contributed by atoms with van der Waals surface area (Å²) in [5.74, 6) is -2.59. The van der Waals surface area contributed by atoms with Gasteiger partial charge in [-0.15, -0.1) is 0 Å². The van der Waals surface area contributed by atoms with Crippen LogP contribution >= 0.6 is 0 Å². The average Bonchev–Trinajstić information content (AvgIpc) is 2.82. The molecule has 3 aromatic carbocycles. The molecule has 1 aliphatic rings. The lowest BCUT2D eigenvalue weighted by molar-refractivity contribution is -0.159. The summed E-state index contributed by atoms with van der Waals surface area (Å²) < 4.78 is 59.4. The zero-order valence-corrected chi connectivity index (χ0v) is 17.8. The van der Waals surface area contributed by atoms with Crippen molar-refractivity contribution in [1.82, 2.24) is 0 Å².